The van der Waals surface area contributed by atoms with E-state index in [0.717, 1.165) is 0 Å². The smallest absolute Gasteiger partial charge is 0.0268 e. The second-order valence-corrected chi connectivity index (χ2v) is 7.28. The maximum absolute atomic E-state index is 6.04. The maximum atomic E-state index is 6.04. The lowest BCUT2D eigenvalue weighted by Gasteiger charge is -2.16. The first-order chi connectivity index (χ1) is 11.1. The fourth-order valence-corrected chi connectivity index (χ4v) is 3.46. The van der Waals surface area contributed by atoms with E-state index in [1.165, 1.54) is 92.9 Å². The van der Waals surface area contributed by atoms with E-state index >= 15 is 0 Å². The van der Waals surface area contributed by atoms with Crippen LogP contribution < -0.4 is 5.73 Å². The van der Waals surface area contributed by atoms with Crippen LogP contribution in [0.2, 0.25) is 0 Å². The lowest BCUT2D eigenvalue weighted by Crippen LogP contribution is -2.08. The molecule has 2 N–H and O–H groups in total. The Kier molecular flexibility index (Phi) is 10.3. The van der Waals surface area contributed by atoms with Crippen molar-refractivity contribution >= 4 is 0 Å². The van der Waals surface area contributed by atoms with E-state index in [1.54, 1.807) is 0 Å². The van der Waals surface area contributed by atoms with Crippen LogP contribution in [0.3, 0.4) is 0 Å². The van der Waals surface area contributed by atoms with Gasteiger partial charge in [0, 0.05) is 6.04 Å². The first-order valence-electron chi connectivity index (χ1n) is 9.92. The summed E-state index contributed by atoms with van der Waals surface area (Å²) in [5.41, 5.74) is 11.7. The molecule has 0 amide bonds. The molecule has 0 bridgehead atoms. The van der Waals surface area contributed by atoms with Crippen molar-refractivity contribution in [2.24, 2.45) is 5.73 Å². The van der Waals surface area contributed by atoms with E-state index < -0.39 is 0 Å². The zero-order valence-corrected chi connectivity index (χ0v) is 16.1. The van der Waals surface area contributed by atoms with Crippen molar-refractivity contribution in [2.45, 2.75) is 104 Å². The van der Waals surface area contributed by atoms with Gasteiger partial charge in [-0.05, 0) is 55.9 Å². The molecule has 0 saturated carbocycles. The van der Waals surface area contributed by atoms with Crippen LogP contribution in [0.1, 0.15) is 106 Å². The quantitative estimate of drug-likeness (QED) is 0.422. The zero-order chi connectivity index (χ0) is 17.1. The molecule has 1 rings (SSSR count). The summed E-state index contributed by atoms with van der Waals surface area (Å²) in [6.45, 7) is 8.83. The van der Waals surface area contributed by atoms with E-state index in [2.05, 4.69) is 39.8 Å². The number of benzene rings is 1. The number of hydrogen-bond acceptors (Lipinski definition) is 1. The highest BCUT2D eigenvalue weighted by molar-refractivity contribution is 5.40. The van der Waals surface area contributed by atoms with Crippen molar-refractivity contribution in [1.29, 1.82) is 0 Å². The van der Waals surface area contributed by atoms with Crippen molar-refractivity contribution in [3.63, 3.8) is 0 Å². The molecule has 1 unspecified atom stereocenters. The number of rotatable bonds is 12. The third-order valence-electron chi connectivity index (χ3n) is 5.23. The van der Waals surface area contributed by atoms with Crippen molar-refractivity contribution < 1.29 is 0 Å². The molecule has 132 valence electrons. The largest absolute Gasteiger partial charge is 0.324 e. The van der Waals surface area contributed by atoms with Gasteiger partial charge >= 0.3 is 0 Å². The van der Waals surface area contributed by atoms with Gasteiger partial charge in [-0.1, -0.05) is 76.8 Å². The molecule has 1 atom stereocenters. The summed E-state index contributed by atoms with van der Waals surface area (Å²) >= 11 is 0. The Balaban J connectivity index is 2.18. The SMILES string of the molecule is CCCCCCCCCCCCc1ccc(C(C)N)c(C)c1C. The van der Waals surface area contributed by atoms with Gasteiger partial charge in [0.25, 0.3) is 0 Å². The molecule has 0 fully saturated rings. The molecule has 1 nitrogen and oxygen atoms in total. The molecule has 23 heavy (non-hydrogen) atoms. The van der Waals surface area contributed by atoms with E-state index in [1.807, 2.05) is 0 Å². The van der Waals surface area contributed by atoms with Crippen LogP contribution in [0.5, 0.6) is 0 Å². The van der Waals surface area contributed by atoms with Gasteiger partial charge in [0.1, 0.15) is 0 Å². The fourth-order valence-electron chi connectivity index (χ4n) is 3.46. The van der Waals surface area contributed by atoms with E-state index in [-0.39, 0.29) is 6.04 Å². The van der Waals surface area contributed by atoms with Gasteiger partial charge in [0.15, 0.2) is 0 Å². The van der Waals surface area contributed by atoms with Gasteiger partial charge in [-0.25, -0.2) is 0 Å². The summed E-state index contributed by atoms with van der Waals surface area (Å²) < 4.78 is 0. The summed E-state index contributed by atoms with van der Waals surface area (Å²) in [7, 11) is 0. The molecule has 0 radical (unpaired) electrons. The summed E-state index contributed by atoms with van der Waals surface area (Å²) in [4.78, 5) is 0. The third kappa shape index (κ3) is 7.52. The second kappa shape index (κ2) is 11.7. The molecule has 1 aromatic rings. The molecule has 1 heteroatoms. The lowest BCUT2D eigenvalue weighted by molar-refractivity contribution is 0.556. The first-order valence-corrected chi connectivity index (χ1v) is 9.92. The second-order valence-electron chi connectivity index (χ2n) is 7.28. The number of nitrogens with two attached hydrogens (primary N) is 1. The van der Waals surface area contributed by atoms with Crippen LogP contribution in [0.15, 0.2) is 12.1 Å². The Bertz CT molecular complexity index is 434. The van der Waals surface area contributed by atoms with E-state index in [0.29, 0.717) is 0 Å². The number of unbranched alkanes of at least 4 members (excludes halogenated alkanes) is 9. The summed E-state index contributed by atoms with van der Waals surface area (Å²) in [5, 5.41) is 0. The minimum Gasteiger partial charge on any atom is -0.324 e. The van der Waals surface area contributed by atoms with Gasteiger partial charge in [0.05, 0.1) is 0 Å². The maximum Gasteiger partial charge on any atom is 0.0268 e. The Morgan fingerprint density at radius 2 is 1.30 bits per heavy atom. The minimum absolute atomic E-state index is 0.139. The van der Waals surface area contributed by atoms with Crippen molar-refractivity contribution in [3.05, 3.63) is 34.4 Å². The standard InChI is InChI=1S/C22H39N/c1-5-6-7-8-9-10-11-12-13-14-15-21-16-17-22(20(4)23)19(3)18(21)2/h16-17,20H,5-15,23H2,1-4H3. The highest BCUT2D eigenvalue weighted by Gasteiger charge is 2.08. The molecule has 0 saturated heterocycles. The van der Waals surface area contributed by atoms with Gasteiger partial charge < -0.3 is 5.73 Å². The van der Waals surface area contributed by atoms with Gasteiger partial charge in [-0.15, -0.1) is 0 Å². The molecule has 0 aromatic heterocycles. The molecular weight excluding hydrogens is 278 g/mol. The Morgan fingerprint density at radius 1 is 0.783 bits per heavy atom. The van der Waals surface area contributed by atoms with Gasteiger partial charge in [-0.3, -0.25) is 0 Å². The molecule has 1 aromatic carbocycles. The van der Waals surface area contributed by atoms with Crippen LogP contribution in [0.25, 0.3) is 0 Å². The minimum atomic E-state index is 0.139. The molecule has 0 aliphatic rings. The third-order valence-corrected chi connectivity index (χ3v) is 5.23. The predicted molar refractivity (Wildman–Crippen MR) is 104 cm³/mol. The Labute approximate surface area is 145 Å². The topological polar surface area (TPSA) is 26.0 Å². The lowest BCUT2D eigenvalue weighted by atomic mass is 9.92. The van der Waals surface area contributed by atoms with Crippen molar-refractivity contribution in [1.82, 2.24) is 0 Å². The molecule has 0 heterocycles. The molecule has 0 aliphatic heterocycles. The monoisotopic (exact) mass is 317 g/mol. The van der Waals surface area contributed by atoms with Crippen LogP contribution >= 0.6 is 0 Å². The zero-order valence-electron chi connectivity index (χ0n) is 16.1. The molecular formula is C22H39N. The van der Waals surface area contributed by atoms with Crippen molar-refractivity contribution in [3.8, 4) is 0 Å². The summed E-state index contributed by atoms with van der Waals surface area (Å²) in [6, 6.07) is 4.67. The van der Waals surface area contributed by atoms with E-state index in [4.69, 9.17) is 5.73 Å². The summed E-state index contributed by atoms with van der Waals surface area (Å²) in [6.07, 6.45) is 15.3. The van der Waals surface area contributed by atoms with Gasteiger partial charge in [0.2, 0.25) is 0 Å². The predicted octanol–water partition coefficient (Wildman–Crippen LogP) is 6.79. The highest BCUT2D eigenvalue weighted by atomic mass is 14.6. The van der Waals surface area contributed by atoms with Crippen LogP contribution in [-0.2, 0) is 6.42 Å². The highest BCUT2D eigenvalue weighted by Crippen LogP contribution is 2.23. The average molecular weight is 318 g/mol. The molecule has 0 aliphatic carbocycles. The van der Waals surface area contributed by atoms with Gasteiger partial charge in [-0.2, -0.15) is 0 Å². The average Bonchev–Trinajstić information content (AvgIpc) is 2.52. The summed E-state index contributed by atoms with van der Waals surface area (Å²) in [5.74, 6) is 0. The van der Waals surface area contributed by atoms with Crippen LogP contribution in [-0.4, -0.2) is 0 Å². The Hall–Kier alpha value is -0.820. The number of aryl methyl sites for hydroxylation is 1. The molecule has 0 spiro atoms. The van der Waals surface area contributed by atoms with E-state index in [9.17, 15) is 0 Å². The normalized spacial score (nSPS) is 12.6. The fraction of sp³-hybridized carbons (Fsp3) is 0.727. The van der Waals surface area contributed by atoms with Crippen molar-refractivity contribution in [2.75, 3.05) is 0 Å². The first kappa shape index (κ1) is 20.2. The van der Waals surface area contributed by atoms with Crippen LogP contribution in [0, 0.1) is 13.8 Å². The Morgan fingerprint density at radius 3 is 1.83 bits per heavy atom. The number of hydrogen-bond donors (Lipinski definition) is 1. The van der Waals surface area contributed by atoms with Crippen LogP contribution in [0.4, 0.5) is 0 Å².